The first-order chi connectivity index (χ1) is 58.2. The molecular formula is C102H84N18+6. The van der Waals surface area contributed by atoms with Gasteiger partial charge in [0, 0.05) is 22.3 Å². The first-order valence-corrected chi connectivity index (χ1v) is 40.3. The molecule has 18 heteroatoms. The molecule has 0 spiro atoms. The minimum atomic E-state index is 0.715. The third-order valence-corrected chi connectivity index (χ3v) is 25.0. The number of aromatic nitrogens is 12. The maximum Gasteiger partial charge on any atom is 0.217 e. The van der Waals surface area contributed by atoms with Gasteiger partial charge in [-0.3, -0.25) is 0 Å². The van der Waals surface area contributed by atoms with Crippen molar-refractivity contribution in [2.45, 2.75) is 122 Å². The van der Waals surface area contributed by atoms with Crippen molar-refractivity contribution in [2.75, 3.05) is 0 Å². The van der Waals surface area contributed by atoms with E-state index in [1.165, 1.54) is 134 Å². The maximum absolute atomic E-state index is 7.43. The zero-order valence-corrected chi connectivity index (χ0v) is 69.1. The van der Waals surface area contributed by atoms with Crippen molar-refractivity contribution in [1.29, 1.82) is 0 Å². The van der Waals surface area contributed by atoms with Crippen LogP contribution in [-0.2, 0) is 39.3 Å². The molecule has 18 aromatic rings. The van der Waals surface area contributed by atoms with Gasteiger partial charge in [0.1, 0.15) is 67.2 Å². The van der Waals surface area contributed by atoms with Crippen molar-refractivity contribution >= 4 is 99.5 Å². The van der Waals surface area contributed by atoms with Crippen LogP contribution in [0.25, 0.3) is 129 Å². The Labute approximate surface area is 695 Å². The molecule has 0 saturated heterocycles. The molecule has 18 nitrogen and oxygen atoms in total. The number of aryl methyl sites for hydroxylation is 9. The van der Waals surface area contributed by atoms with Gasteiger partial charge in [0.15, 0.2) is 39.3 Å². The smallest absolute Gasteiger partial charge is 0.217 e. The van der Waals surface area contributed by atoms with E-state index < -0.39 is 0 Å². The fraction of sp³-hybridized carbons (Fsp3) is 0.176. The molecule has 12 aromatic carbocycles. The predicted molar refractivity (Wildman–Crippen MR) is 470 cm³/mol. The SMILES string of the molecule is [C-]#[N+]c1cccc2c[n+]3n(c12)-c1c(C)cc(C)cc1C3.[C-]#[N+]c1cccc2c[n+]3n(c12)-c1c(C)cccc1C3.[C-]#[N+]c1cccc2c[n+]3n(c12)-c1c(ccc(C)c1C)C3.[C-]#[N+]c1cccc2c[n+]3n(c12)-c1cc(C)c(C)c(C)c1C3.[C-]#[N+]c1cccc2c[n+]3n(c12)-c1cc(C)c(C)cc1C3.[C-]#[N+]c1cccc2c[n+]3n(c12)-c1cc(C)cc(C)c1C3. The van der Waals surface area contributed by atoms with Crippen molar-refractivity contribution in [2.24, 2.45) is 0 Å². The highest BCUT2D eigenvalue weighted by Crippen LogP contribution is 2.41. The normalized spacial score (nSPS) is 12.2. The molecular weight excluding hydrogens is 1480 g/mol. The number of benzene rings is 12. The van der Waals surface area contributed by atoms with E-state index in [1.807, 2.05) is 72.8 Å². The van der Waals surface area contributed by atoms with Crippen LogP contribution >= 0.6 is 0 Å². The number of para-hydroxylation sites is 7. The van der Waals surface area contributed by atoms with Crippen molar-refractivity contribution in [3.63, 3.8) is 0 Å². The lowest BCUT2D eigenvalue weighted by Crippen LogP contribution is -2.36. The van der Waals surface area contributed by atoms with Crippen LogP contribution in [0.4, 0.5) is 34.1 Å². The minimum Gasteiger partial charge on any atom is -0.236 e. The summed E-state index contributed by atoms with van der Waals surface area (Å²) in [5.74, 6) is 0. The molecule has 0 radical (unpaired) electrons. The summed E-state index contributed by atoms with van der Waals surface area (Å²) in [5.41, 5.74) is 41.5. The largest absolute Gasteiger partial charge is 0.236 e. The maximum atomic E-state index is 7.43. The Morgan fingerprint density at radius 3 is 1.04 bits per heavy atom. The Balaban J connectivity index is 0.0000000952. The number of rotatable bonds is 0. The van der Waals surface area contributed by atoms with Gasteiger partial charge in [-0.25, -0.2) is 29.1 Å². The van der Waals surface area contributed by atoms with E-state index in [1.54, 1.807) is 0 Å². The van der Waals surface area contributed by atoms with Gasteiger partial charge in [-0.05, 0) is 217 Å². The van der Waals surface area contributed by atoms with Gasteiger partial charge >= 0.3 is 0 Å². The van der Waals surface area contributed by atoms with E-state index >= 15 is 0 Å². The van der Waals surface area contributed by atoms with Gasteiger partial charge in [0.2, 0.25) is 71.3 Å². The van der Waals surface area contributed by atoms with Gasteiger partial charge in [-0.15, -0.1) is 56.2 Å². The molecule has 0 amide bonds. The van der Waals surface area contributed by atoms with Crippen LogP contribution in [-0.4, -0.2) is 28.1 Å². The highest BCUT2D eigenvalue weighted by Gasteiger charge is 2.38. The van der Waals surface area contributed by atoms with Crippen LogP contribution in [0, 0.1) is 123 Å². The van der Waals surface area contributed by atoms with Gasteiger partial charge in [-0.2, -0.15) is 0 Å². The van der Waals surface area contributed by atoms with Crippen LogP contribution in [0.15, 0.2) is 219 Å². The minimum absolute atomic E-state index is 0.715. The van der Waals surface area contributed by atoms with E-state index in [0.29, 0.717) is 22.7 Å². The number of hydrogen-bond acceptors (Lipinski definition) is 0. The topological polar surface area (TPSA) is 79.0 Å². The van der Waals surface area contributed by atoms with Gasteiger partial charge in [-0.1, -0.05) is 115 Å². The first-order valence-electron chi connectivity index (χ1n) is 40.3. The van der Waals surface area contributed by atoms with Crippen LogP contribution in [0.3, 0.4) is 0 Å². The summed E-state index contributed by atoms with van der Waals surface area (Å²) in [6.45, 7) is 75.5. The Morgan fingerprint density at radius 1 is 0.233 bits per heavy atom. The second-order valence-electron chi connectivity index (χ2n) is 32.5. The molecule has 0 N–H and O–H groups in total. The fourth-order valence-electron chi connectivity index (χ4n) is 19.1. The molecule has 120 heavy (non-hydrogen) atoms. The number of fused-ring (bicyclic) bond motifs is 30. The zero-order valence-electron chi connectivity index (χ0n) is 69.1. The summed E-state index contributed by atoms with van der Waals surface area (Å²) in [6.07, 6.45) is 12.8. The molecule has 0 aliphatic carbocycles. The Kier molecular flexibility index (Phi) is 17.8. The fourth-order valence-corrected chi connectivity index (χ4v) is 19.1. The highest BCUT2D eigenvalue weighted by atomic mass is 15.5. The summed E-state index contributed by atoms with van der Waals surface area (Å²) in [5, 5.41) is 6.77. The molecule has 0 unspecified atom stereocenters. The van der Waals surface area contributed by atoms with E-state index in [0.717, 1.165) is 116 Å². The van der Waals surface area contributed by atoms with Crippen molar-refractivity contribution in [1.82, 2.24) is 28.1 Å². The molecule has 12 heterocycles. The summed E-state index contributed by atoms with van der Waals surface area (Å²) in [6, 6.07) is 61.9. The Morgan fingerprint density at radius 2 is 0.575 bits per heavy atom. The van der Waals surface area contributed by atoms with E-state index in [-0.39, 0.29) is 0 Å². The molecule has 0 atom stereocenters. The molecule has 0 saturated carbocycles. The standard InChI is InChI=1S/C18H16N3.4C17H14N3.C16H12N3/c1-11-8-17-15(13(3)12(11)2)10-20-9-14-6-5-7-16(19-4)18(14)21(17)20;1-11-7-14-10-19-9-13-5-4-6-15(18-3)17(13)20(19)16(14)8-12(11)2;1-11-7-12(2)14-10-19-9-13-5-4-6-15(18-3)17(13)20(19)16(14)8-11;1-11-7-12(2)16-14(8-11)10-19-9-13-5-4-6-15(18-3)17(13)20(16)19;1-11-7-8-14-10-19-9-13-5-4-6-15(18-3)17(13)20(19)16(14)12(11)2;1-11-5-3-6-12-9-18-10-13-7-4-8-14(17-2)16(13)19(18)15(11)12/h5-9H,10H2,1-3H3;4*4-9H,10H2,1-2H3;3-8,10H,9H2,1H3/q6*+1. The van der Waals surface area contributed by atoms with Crippen molar-refractivity contribution < 1.29 is 28.1 Å². The van der Waals surface area contributed by atoms with Crippen LogP contribution in [0.1, 0.15) is 100 Å². The van der Waals surface area contributed by atoms with Gasteiger partial charge in [0.25, 0.3) is 0 Å². The quantitative estimate of drug-likeness (QED) is 0.107. The molecule has 6 aromatic heterocycles. The monoisotopic (exact) mass is 1560 g/mol. The van der Waals surface area contributed by atoms with Gasteiger partial charge < -0.3 is 0 Å². The molecule has 24 rings (SSSR count). The summed E-state index contributed by atoms with van der Waals surface area (Å²) < 4.78 is 26.4. The molecule has 6 aliphatic heterocycles. The van der Waals surface area contributed by atoms with Crippen LogP contribution in [0.5, 0.6) is 0 Å². The summed E-state index contributed by atoms with van der Waals surface area (Å²) in [4.78, 5) is 22.1. The van der Waals surface area contributed by atoms with Crippen LogP contribution in [0.2, 0.25) is 0 Å². The average Bonchev–Trinajstić information content (AvgIpc) is 1.56. The van der Waals surface area contributed by atoms with E-state index in [9.17, 15) is 0 Å². The molecule has 6 aliphatic rings. The second kappa shape index (κ2) is 28.7. The van der Waals surface area contributed by atoms with Crippen molar-refractivity contribution in [3.8, 4) is 34.1 Å². The number of hydrogen-bond donors (Lipinski definition) is 0. The molecule has 576 valence electrons. The lowest BCUT2D eigenvalue weighted by atomic mass is 9.97. The Hall–Kier alpha value is -15.6. The van der Waals surface area contributed by atoms with Gasteiger partial charge in [0.05, 0.1) is 82.9 Å². The third-order valence-electron chi connectivity index (χ3n) is 25.0. The molecule has 0 bridgehead atoms. The van der Waals surface area contributed by atoms with E-state index in [2.05, 4.69) is 315 Å². The lowest BCUT2D eigenvalue weighted by molar-refractivity contribution is -0.749. The lowest BCUT2D eigenvalue weighted by Gasteiger charge is -2.08. The van der Waals surface area contributed by atoms with E-state index in [4.69, 9.17) is 39.4 Å². The predicted octanol–water partition coefficient (Wildman–Crippen LogP) is 20.7. The second-order valence-corrected chi connectivity index (χ2v) is 32.5. The van der Waals surface area contributed by atoms with Crippen LogP contribution < -0.4 is 28.1 Å². The molecule has 0 fully saturated rings. The average molecular weight is 1560 g/mol. The van der Waals surface area contributed by atoms with Crippen molar-refractivity contribution in [3.05, 3.63) is 388 Å². The third kappa shape index (κ3) is 11.7. The highest BCUT2D eigenvalue weighted by molar-refractivity contribution is 5.97. The first kappa shape index (κ1) is 74.5. The zero-order chi connectivity index (χ0) is 83.1. The summed E-state index contributed by atoms with van der Waals surface area (Å²) >= 11 is 0. The summed E-state index contributed by atoms with van der Waals surface area (Å²) in [7, 11) is 0. The number of nitrogens with zero attached hydrogens (tertiary/aromatic N) is 18. The Bertz CT molecular complexity index is 7840.